The topological polar surface area (TPSA) is 101 Å². The summed E-state index contributed by atoms with van der Waals surface area (Å²) in [5.41, 5.74) is 8.22. The van der Waals surface area contributed by atoms with Crippen molar-refractivity contribution < 1.29 is 14.7 Å². The molecule has 0 fully saturated rings. The van der Waals surface area contributed by atoms with Gasteiger partial charge in [0.1, 0.15) is 12.6 Å². The van der Waals surface area contributed by atoms with E-state index in [9.17, 15) is 9.59 Å². The smallest absolute Gasteiger partial charge is 0.320 e. The van der Waals surface area contributed by atoms with E-state index in [2.05, 4.69) is 5.10 Å². The third kappa shape index (κ3) is 4.40. The molecule has 7 heteroatoms. The zero-order chi connectivity index (χ0) is 17.0. The number of carbonyl (C=O) groups is 2. The van der Waals surface area contributed by atoms with Crippen molar-refractivity contribution in [1.82, 2.24) is 14.7 Å². The average Bonchev–Trinajstić information content (AvgIpc) is 2.96. The quantitative estimate of drug-likeness (QED) is 0.812. The largest absolute Gasteiger partial charge is 0.480 e. The van der Waals surface area contributed by atoms with E-state index in [1.165, 1.54) is 4.90 Å². The van der Waals surface area contributed by atoms with Crippen LogP contribution < -0.4 is 5.73 Å². The maximum Gasteiger partial charge on any atom is 0.320 e. The van der Waals surface area contributed by atoms with Crippen LogP contribution in [0.4, 0.5) is 0 Å². The van der Waals surface area contributed by atoms with Crippen LogP contribution in [0.2, 0.25) is 0 Å². The van der Waals surface area contributed by atoms with Crippen LogP contribution in [0.3, 0.4) is 0 Å². The Kier molecular flexibility index (Phi) is 5.13. The second kappa shape index (κ2) is 7.06. The van der Waals surface area contributed by atoms with E-state index in [1.807, 2.05) is 24.3 Å². The first-order valence-corrected chi connectivity index (χ1v) is 7.17. The average molecular weight is 316 g/mol. The number of carbonyl (C=O) groups excluding carboxylic acids is 1. The predicted molar refractivity (Wildman–Crippen MR) is 85.7 cm³/mol. The summed E-state index contributed by atoms with van der Waals surface area (Å²) in [4.78, 5) is 23.9. The first-order chi connectivity index (χ1) is 10.9. The molecule has 1 amide bonds. The fourth-order valence-electron chi connectivity index (χ4n) is 2.05. The molecule has 122 valence electrons. The highest BCUT2D eigenvalue weighted by atomic mass is 16.4. The number of hydrogen-bond donors (Lipinski definition) is 2. The third-order valence-corrected chi connectivity index (χ3v) is 3.49. The van der Waals surface area contributed by atoms with E-state index in [4.69, 9.17) is 10.8 Å². The van der Waals surface area contributed by atoms with Crippen molar-refractivity contribution in [2.45, 2.75) is 19.0 Å². The van der Waals surface area contributed by atoms with Crippen LogP contribution in [0, 0.1) is 0 Å². The summed E-state index contributed by atoms with van der Waals surface area (Å²) in [6.07, 6.45) is 3.78. The van der Waals surface area contributed by atoms with Crippen molar-refractivity contribution in [2.75, 3.05) is 14.1 Å². The number of carboxylic acids is 1. The van der Waals surface area contributed by atoms with Crippen LogP contribution in [-0.2, 0) is 22.6 Å². The lowest BCUT2D eigenvalue weighted by atomic mass is 10.0. The SMILES string of the molecule is CN(C)C(=O)Cn1cc(-c2ccc(C[C@H](N)C(=O)O)cc2)cn1. The van der Waals surface area contributed by atoms with Crippen molar-refractivity contribution in [3.8, 4) is 11.1 Å². The van der Waals surface area contributed by atoms with Gasteiger partial charge >= 0.3 is 5.97 Å². The Bertz CT molecular complexity index is 692. The molecule has 1 atom stereocenters. The van der Waals surface area contributed by atoms with Crippen LogP contribution in [0.5, 0.6) is 0 Å². The normalized spacial score (nSPS) is 12.0. The molecule has 1 aromatic carbocycles. The number of nitrogens with zero attached hydrogens (tertiary/aromatic N) is 3. The fourth-order valence-corrected chi connectivity index (χ4v) is 2.05. The molecule has 3 N–H and O–H groups in total. The molecule has 0 radical (unpaired) electrons. The maximum atomic E-state index is 11.7. The molecular formula is C16H20N4O3. The van der Waals surface area contributed by atoms with E-state index in [-0.39, 0.29) is 18.9 Å². The number of aliphatic carboxylic acids is 1. The Morgan fingerprint density at radius 1 is 1.26 bits per heavy atom. The van der Waals surface area contributed by atoms with Gasteiger partial charge in [-0.3, -0.25) is 14.3 Å². The zero-order valence-corrected chi connectivity index (χ0v) is 13.1. The number of aromatic nitrogens is 2. The summed E-state index contributed by atoms with van der Waals surface area (Å²) in [6.45, 7) is 0.193. The predicted octanol–water partition coefficient (Wildman–Crippen LogP) is 0.593. The minimum atomic E-state index is -1.01. The molecule has 0 spiro atoms. The number of likely N-dealkylation sites (N-methyl/N-ethyl adjacent to an activating group) is 1. The van der Waals surface area contributed by atoms with Crippen molar-refractivity contribution in [3.05, 3.63) is 42.2 Å². The molecule has 2 aromatic rings. The standard InChI is InChI=1S/C16H20N4O3/c1-19(2)15(21)10-20-9-13(8-18-20)12-5-3-11(4-6-12)7-14(17)16(22)23/h3-6,8-9,14H,7,10,17H2,1-2H3,(H,22,23)/t14-/m0/s1. The molecule has 0 aliphatic rings. The van der Waals surface area contributed by atoms with Crippen LogP contribution in [0.15, 0.2) is 36.7 Å². The van der Waals surface area contributed by atoms with Gasteiger partial charge in [-0.15, -0.1) is 0 Å². The number of amides is 1. The highest BCUT2D eigenvalue weighted by molar-refractivity contribution is 5.75. The fraction of sp³-hybridized carbons (Fsp3) is 0.312. The lowest BCUT2D eigenvalue weighted by Gasteiger charge is -2.09. The summed E-state index contributed by atoms with van der Waals surface area (Å²) < 4.78 is 1.59. The second-order valence-electron chi connectivity index (χ2n) is 5.56. The minimum Gasteiger partial charge on any atom is -0.480 e. The van der Waals surface area contributed by atoms with E-state index < -0.39 is 12.0 Å². The first-order valence-electron chi connectivity index (χ1n) is 7.17. The van der Waals surface area contributed by atoms with E-state index in [0.717, 1.165) is 16.7 Å². The monoisotopic (exact) mass is 316 g/mol. The molecule has 0 bridgehead atoms. The van der Waals surface area contributed by atoms with Crippen LogP contribution in [0.1, 0.15) is 5.56 Å². The zero-order valence-electron chi connectivity index (χ0n) is 13.1. The van der Waals surface area contributed by atoms with Crippen LogP contribution in [-0.4, -0.2) is 51.8 Å². The Morgan fingerprint density at radius 3 is 2.48 bits per heavy atom. The van der Waals surface area contributed by atoms with Gasteiger partial charge in [0, 0.05) is 25.9 Å². The van der Waals surface area contributed by atoms with Crippen molar-refractivity contribution in [1.29, 1.82) is 0 Å². The minimum absolute atomic E-state index is 0.0299. The molecular weight excluding hydrogens is 296 g/mol. The van der Waals surface area contributed by atoms with Gasteiger partial charge in [0.25, 0.3) is 0 Å². The van der Waals surface area contributed by atoms with Gasteiger partial charge in [-0.25, -0.2) is 0 Å². The lowest BCUT2D eigenvalue weighted by Crippen LogP contribution is -2.32. The summed E-state index contributed by atoms with van der Waals surface area (Å²) in [5, 5.41) is 13.0. The Morgan fingerprint density at radius 2 is 1.91 bits per heavy atom. The van der Waals surface area contributed by atoms with Crippen LogP contribution in [0.25, 0.3) is 11.1 Å². The van der Waals surface area contributed by atoms with Gasteiger partial charge in [0.05, 0.1) is 6.20 Å². The molecule has 1 heterocycles. The molecule has 0 aliphatic heterocycles. The molecule has 23 heavy (non-hydrogen) atoms. The first kappa shape index (κ1) is 16.7. The van der Waals surface area contributed by atoms with Gasteiger partial charge in [0.2, 0.25) is 5.91 Å². The van der Waals surface area contributed by atoms with Gasteiger partial charge in [-0.2, -0.15) is 5.10 Å². The number of rotatable bonds is 6. The molecule has 1 aromatic heterocycles. The summed E-state index contributed by atoms with van der Waals surface area (Å²) in [6, 6.07) is 6.57. The third-order valence-electron chi connectivity index (χ3n) is 3.49. The van der Waals surface area contributed by atoms with E-state index in [0.29, 0.717) is 0 Å². The Labute approximate surface area is 134 Å². The second-order valence-corrected chi connectivity index (χ2v) is 5.56. The maximum absolute atomic E-state index is 11.7. The number of benzene rings is 1. The van der Waals surface area contributed by atoms with Gasteiger partial charge in [-0.05, 0) is 17.5 Å². The highest BCUT2D eigenvalue weighted by Gasteiger charge is 2.12. The lowest BCUT2D eigenvalue weighted by molar-refractivity contribution is -0.138. The molecule has 2 rings (SSSR count). The molecule has 0 saturated carbocycles. The molecule has 7 nitrogen and oxygen atoms in total. The van der Waals surface area contributed by atoms with Gasteiger partial charge in [-0.1, -0.05) is 24.3 Å². The number of hydrogen-bond acceptors (Lipinski definition) is 4. The van der Waals surface area contributed by atoms with Crippen molar-refractivity contribution in [2.24, 2.45) is 5.73 Å². The number of nitrogens with two attached hydrogens (primary N) is 1. The Hall–Kier alpha value is -2.67. The Balaban J connectivity index is 2.06. The summed E-state index contributed by atoms with van der Waals surface area (Å²) in [5.74, 6) is -1.04. The van der Waals surface area contributed by atoms with Gasteiger partial charge < -0.3 is 15.7 Å². The van der Waals surface area contributed by atoms with Crippen molar-refractivity contribution in [3.63, 3.8) is 0 Å². The van der Waals surface area contributed by atoms with Gasteiger partial charge in [0.15, 0.2) is 0 Å². The van der Waals surface area contributed by atoms with E-state index in [1.54, 1.807) is 31.2 Å². The van der Waals surface area contributed by atoms with E-state index >= 15 is 0 Å². The highest BCUT2D eigenvalue weighted by Crippen LogP contribution is 2.19. The molecule has 0 unspecified atom stereocenters. The summed E-state index contributed by atoms with van der Waals surface area (Å²) >= 11 is 0. The molecule has 0 saturated heterocycles. The van der Waals surface area contributed by atoms with Crippen molar-refractivity contribution >= 4 is 11.9 Å². The van der Waals surface area contributed by atoms with Crippen LogP contribution >= 0.6 is 0 Å². The summed E-state index contributed by atoms with van der Waals surface area (Å²) in [7, 11) is 3.40. The molecule has 0 aliphatic carbocycles. The number of carboxylic acid groups (broad SMARTS) is 1.